The predicted molar refractivity (Wildman–Crippen MR) is 78.5 cm³/mol. The van der Waals surface area contributed by atoms with Gasteiger partial charge in [-0.1, -0.05) is 67.6 Å². The molecule has 0 saturated carbocycles. The molecule has 1 unspecified atom stereocenters. The molecular weight excluding hydrogens is 234 g/mol. The van der Waals surface area contributed by atoms with Gasteiger partial charge in [-0.3, -0.25) is 5.73 Å². The number of aliphatic hydroxyl groups is 1. The fourth-order valence-electron chi connectivity index (χ4n) is 2.46. The molecule has 0 aliphatic rings. The quantitative estimate of drug-likeness (QED) is 0.807. The third-order valence-corrected chi connectivity index (χ3v) is 3.36. The van der Waals surface area contributed by atoms with Gasteiger partial charge in [-0.05, 0) is 29.9 Å². The lowest BCUT2D eigenvalue weighted by Crippen LogP contribution is -2.38. The van der Waals surface area contributed by atoms with Crippen LogP contribution in [0, 0.1) is 5.92 Å². The van der Waals surface area contributed by atoms with Gasteiger partial charge in [0.1, 0.15) is 5.72 Å². The second kappa shape index (κ2) is 6.00. The van der Waals surface area contributed by atoms with E-state index in [0.717, 1.165) is 12.0 Å². The van der Waals surface area contributed by atoms with E-state index in [9.17, 15) is 5.11 Å². The molecule has 0 fully saturated rings. The molecule has 0 amide bonds. The molecule has 2 heteroatoms. The van der Waals surface area contributed by atoms with E-state index < -0.39 is 5.72 Å². The number of nitrogens with two attached hydrogens (primary N) is 1. The van der Waals surface area contributed by atoms with Crippen LogP contribution in [0.15, 0.2) is 60.7 Å². The highest BCUT2D eigenvalue weighted by atomic mass is 16.3. The monoisotopic (exact) mass is 255 g/mol. The summed E-state index contributed by atoms with van der Waals surface area (Å²) >= 11 is 0. The topological polar surface area (TPSA) is 46.2 Å². The zero-order valence-corrected chi connectivity index (χ0v) is 11.3. The lowest BCUT2D eigenvalue weighted by molar-refractivity contribution is 0.0195. The molecule has 0 saturated heterocycles. The van der Waals surface area contributed by atoms with Crippen molar-refractivity contribution >= 4 is 0 Å². The number of hydrogen-bond donors (Lipinski definition) is 2. The van der Waals surface area contributed by atoms with E-state index in [-0.39, 0.29) is 0 Å². The first-order chi connectivity index (χ1) is 9.08. The molecule has 0 radical (unpaired) electrons. The maximum Gasteiger partial charge on any atom is 0.139 e. The van der Waals surface area contributed by atoms with Crippen molar-refractivity contribution in [2.75, 3.05) is 0 Å². The van der Waals surface area contributed by atoms with Crippen molar-refractivity contribution in [3.63, 3.8) is 0 Å². The van der Waals surface area contributed by atoms with Gasteiger partial charge in [-0.15, -0.1) is 0 Å². The highest BCUT2D eigenvalue weighted by molar-refractivity contribution is 5.21. The summed E-state index contributed by atoms with van der Waals surface area (Å²) in [6.07, 6.45) is 1.47. The van der Waals surface area contributed by atoms with E-state index in [1.54, 1.807) is 0 Å². The summed E-state index contributed by atoms with van der Waals surface area (Å²) < 4.78 is 0. The lowest BCUT2D eigenvalue weighted by Gasteiger charge is -2.27. The molecule has 2 aromatic rings. The van der Waals surface area contributed by atoms with Crippen LogP contribution < -0.4 is 5.73 Å². The summed E-state index contributed by atoms with van der Waals surface area (Å²) in [5, 5.41) is 10.4. The van der Waals surface area contributed by atoms with Gasteiger partial charge < -0.3 is 5.11 Å². The third kappa shape index (κ3) is 3.91. The van der Waals surface area contributed by atoms with E-state index >= 15 is 0 Å². The van der Waals surface area contributed by atoms with E-state index in [0.29, 0.717) is 12.3 Å². The Kier molecular flexibility index (Phi) is 4.35. The van der Waals surface area contributed by atoms with Gasteiger partial charge in [0.25, 0.3) is 0 Å². The van der Waals surface area contributed by atoms with Crippen LogP contribution in [0.1, 0.15) is 24.5 Å². The summed E-state index contributed by atoms with van der Waals surface area (Å²) in [5.74, 6) is 0.317. The van der Waals surface area contributed by atoms with Crippen LogP contribution in [-0.2, 0) is 12.1 Å². The van der Waals surface area contributed by atoms with Crippen molar-refractivity contribution in [2.24, 2.45) is 11.7 Å². The second-order valence-electron chi connectivity index (χ2n) is 5.29. The van der Waals surface area contributed by atoms with E-state index in [4.69, 9.17) is 5.73 Å². The molecule has 0 aliphatic carbocycles. The molecule has 100 valence electrons. The average Bonchev–Trinajstić information content (AvgIpc) is 2.40. The Morgan fingerprint density at radius 1 is 1.00 bits per heavy atom. The summed E-state index contributed by atoms with van der Waals surface area (Å²) in [6.45, 7) is 2.12. The minimum Gasteiger partial charge on any atom is -0.372 e. The highest BCUT2D eigenvalue weighted by Gasteiger charge is 2.26. The molecule has 19 heavy (non-hydrogen) atoms. The van der Waals surface area contributed by atoms with Crippen molar-refractivity contribution in [1.82, 2.24) is 0 Å². The van der Waals surface area contributed by atoms with Crippen LogP contribution in [0.4, 0.5) is 0 Å². The molecule has 3 N–H and O–H groups in total. The van der Waals surface area contributed by atoms with Crippen LogP contribution >= 0.6 is 0 Å². The van der Waals surface area contributed by atoms with Crippen molar-refractivity contribution in [3.8, 4) is 0 Å². The van der Waals surface area contributed by atoms with Crippen LogP contribution in [-0.4, -0.2) is 5.11 Å². The maximum atomic E-state index is 10.4. The Balaban J connectivity index is 2.00. The Hall–Kier alpha value is -1.64. The molecule has 0 bridgehead atoms. The molecule has 0 aromatic heterocycles. The lowest BCUT2D eigenvalue weighted by atomic mass is 9.89. The van der Waals surface area contributed by atoms with E-state index in [2.05, 4.69) is 19.1 Å². The zero-order valence-electron chi connectivity index (χ0n) is 11.3. The van der Waals surface area contributed by atoms with Crippen molar-refractivity contribution in [1.29, 1.82) is 0 Å². The van der Waals surface area contributed by atoms with Gasteiger partial charge in [0.2, 0.25) is 0 Å². The van der Waals surface area contributed by atoms with Gasteiger partial charge in [0.05, 0.1) is 0 Å². The summed E-state index contributed by atoms with van der Waals surface area (Å²) in [5.41, 5.74) is 6.84. The molecule has 0 heterocycles. The minimum atomic E-state index is -1.25. The average molecular weight is 255 g/mol. The standard InChI is InChI=1S/C17H21NO/c1-14(12-15-8-4-2-5-9-15)13-17(18,19)16-10-6-3-7-11-16/h2-11,14,19H,12-13,18H2,1H3/t14?,17-/m1/s1. The fraction of sp³-hybridized carbons (Fsp3) is 0.294. The van der Waals surface area contributed by atoms with Gasteiger partial charge in [0, 0.05) is 0 Å². The van der Waals surface area contributed by atoms with Gasteiger partial charge in [-0.2, -0.15) is 0 Å². The van der Waals surface area contributed by atoms with E-state index in [1.807, 2.05) is 48.5 Å². The SMILES string of the molecule is CC(Cc1ccccc1)C[C@@](N)(O)c1ccccc1. The first kappa shape index (κ1) is 13.8. The van der Waals surface area contributed by atoms with Crippen LogP contribution in [0.25, 0.3) is 0 Å². The number of benzene rings is 2. The van der Waals surface area contributed by atoms with Gasteiger partial charge >= 0.3 is 0 Å². The molecule has 2 rings (SSSR count). The Bertz CT molecular complexity index is 493. The molecule has 2 atom stereocenters. The minimum absolute atomic E-state index is 0.317. The van der Waals surface area contributed by atoms with E-state index in [1.165, 1.54) is 5.56 Å². The summed E-state index contributed by atoms with van der Waals surface area (Å²) in [7, 11) is 0. The van der Waals surface area contributed by atoms with Crippen LogP contribution in [0.3, 0.4) is 0 Å². The predicted octanol–water partition coefficient (Wildman–Crippen LogP) is 3.06. The summed E-state index contributed by atoms with van der Waals surface area (Å²) in [4.78, 5) is 0. The number of rotatable bonds is 5. The fourth-order valence-corrected chi connectivity index (χ4v) is 2.46. The van der Waals surface area contributed by atoms with Crippen molar-refractivity contribution in [2.45, 2.75) is 25.5 Å². The molecule has 0 spiro atoms. The molecule has 2 aromatic carbocycles. The smallest absolute Gasteiger partial charge is 0.139 e. The van der Waals surface area contributed by atoms with Crippen LogP contribution in [0.2, 0.25) is 0 Å². The zero-order chi connectivity index (χ0) is 13.7. The molecule has 2 nitrogen and oxygen atoms in total. The second-order valence-corrected chi connectivity index (χ2v) is 5.29. The normalized spacial score (nSPS) is 15.7. The Labute approximate surface area is 114 Å². The first-order valence-corrected chi connectivity index (χ1v) is 6.68. The van der Waals surface area contributed by atoms with Crippen LogP contribution in [0.5, 0.6) is 0 Å². The highest BCUT2D eigenvalue weighted by Crippen LogP contribution is 2.25. The molecular formula is C17H21NO. The molecule has 0 aliphatic heterocycles. The van der Waals surface area contributed by atoms with Crippen molar-refractivity contribution < 1.29 is 5.11 Å². The van der Waals surface area contributed by atoms with Crippen molar-refractivity contribution in [3.05, 3.63) is 71.8 Å². The third-order valence-electron chi connectivity index (χ3n) is 3.36. The number of hydrogen-bond acceptors (Lipinski definition) is 2. The maximum absolute atomic E-state index is 10.4. The van der Waals surface area contributed by atoms with Gasteiger partial charge in [0.15, 0.2) is 0 Å². The Morgan fingerprint density at radius 2 is 1.53 bits per heavy atom. The van der Waals surface area contributed by atoms with Gasteiger partial charge in [-0.25, -0.2) is 0 Å². The first-order valence-electron chi connectivity index (χ1n) is 6.68. The largest absolute Gasteiger partial charge is 0.372 e. The summed E-state index contributed by atoms with van der Waals surface area (Å²) in [6, 6.07) is 19.8. The Morgan fingerprint density at radius 3 is 2.11 bits per heavy atom.